The van der Waals surface area contributed by atoms with Gasteiger partial charge in [0.2, 0.25) is 0 Å². The average molecular weight is 573 g/mol. The van der Waals surface area contributed by atoms with Gasteiger partial charge >= 0.3 is 0 Å². The van der Waals surface area contributed by atoms with Crippen molar-refractivity contribution in [3.05, 3.63) is 82.5 Å². The monoisotopic (exact) mass is 572 g/mol. The van der Waals surface area contributed by atoms with Crippen molar-refractivity contribution < 1.29 is 9.59 Å². The molecule has 0 spiro atoms. The van der Waals surface area contributed by atoms with Gasteiger partial charge in [-0.25, -0.2) is 4.98 Å². The highest BCUT2D eigenvalue weighted by atomic mass is 35.5. The van der Waals surface area contributed by atoms with Crippen LogP contribution >= 0.6 is 11.6 Å². The Morgan fingerprint density at radius 1 is 1.00 bits per heavy atom. The molecular formula is C32H37ClN6O2. The van der Waals surface area contributed by atoms with E-state index in [4.69, 9.17) is 16.6 Å². The van der Waals surface area contributed by atoms with E-state index in [0.29, 0.717) is 24.6 Å². The summed E-state index contributed by atoms with van der Waals surface area (Å²) in [6.45, 7) is 8.79. The van der Waals surface area contributed by atoms with Crippen molar-refractivity contribution in [2.75, 3.05) is 60.5 Å². The molecule has 2 aromatic carbocycles. The molecule has 1 aromatic heterocycles. The number of nitrogens with one attached hydrogen (secondary N) is 1. The van der Waals surface area contributed by atoms with Gasteiger partial charge in [-0.05, 0) is 68.1 Å². The first-order valence-corrected chi connectivity index (χ1v) is 15.0. The summed E-state index contributed by atoms with van der Waals surface area (Å²) >= 11 is 6.23. The van der Waals surface area contributed by atoms with Gasteiger partial charge in [-0.1, -0.05) is 48.0 Å². The minimum Gasteiger partial charge on any atom is -0.369 e. The minimum absolute atomic E-state index is 0.0644. The summed E-state index contributed by atoms with van der Waals surface area (Å²) in [6.07, 6.45) is 2.69. The Morgan fingerprint density at radius 2 is 1.80 bits per heavy atom. The Labute approximate surface area is 246 Å². The molecule has 0 saturated carbocycles. The fourth-order valence-corrected chi connectivity index (χ4v) is 6.40. The number of aryl methyl sites for hydroxylation is 1. The predicted octanol–water partition coefficient (Wildman–Crippen LogP) is 4.50. The number of carbonyl (C=O) groups is 2. The molecule has 1 atom stereocenters. The molecule has 2 fully saturated rings. The van der Waals surface area contributed by atoms with Crippen LogP contribution in [-0.2, 0) is 11.3 Å². The molecule has 2 saturated heterocycles. The van der Waals surface area contributed by atoms with Gasteiger partial charge in [0.1, 0.15) is 11.7 Å². The van der Waals surface area contributed by atoms with Crippen LogP contribution in [-0.4, -0.2) is 73.6 Å². The van der Waals surface area contributed by atoms with Crippen LogP contribution < -0.4 is 20.0 Å². The van der Waals surface area contributed by atoms with Crippen LogP contribution in [0.2, 0.25) is 5.02 Å². The normalized spacial score (nSPS) is 18.8. The Bertz CT molecular complexity index is 1410. The quantitative estimate of drug-likeness (QED) is 0.401. The number of pyridine rings is 1. The highest BCUT2D eigenvalue weighted by Gasteiger charge is 2.41. The molecule has 214 valence electrons. The fourth-order valence-electron chi connectivity index (χ4n) is 6.24. The third kappa shape index (κ3) is 5.90. The molecule has 0 radical (unpaired) electrons. The van der Waals surface area contributed by atoms with Crippen LogP contribution in [0.4, 0.5) is 17.2 Å². The van der Waals surface area contributed by atoms with Crippen LogP contribution in [0.3, 0.4) is 0 Å². The van der Waals surface area contributed by atoms with E-state index in [2.05, 4.69) is 39.1 Å². The van der Waals surface area contributed by atoms with Crippen molar-refractivity contribution in [2.24, 2.45) is 0 Å². The second-order valence-corrected chi connectivity index (χ2v) is 11.6. The number of anilines is 3. The summed E-state index contributed by atoms with van der Waals surface area (Å²) in [5, 5.41) is 3.82. The molecule has 1 N–H and O–H groups in total. The summed E-state index contributed by atoms with van der Waals surface area (Å²) in [4.78, 5) is 40.1. The van der Waals surface area contributed by atoms with Gasteiger partial charge in [0.25, 0.3) is 11.8 Å². The van der Waals surface area contributed by atoms with E-state index in [1.165, 1.54) is 11.3 Å². The second kappa shape index (κ2) is 12.1. The van der Waals surface area contributed by atoms with E-state index in [1.807, 2.05) is 42.5 Å². The first-order chi connectivity index (χ1) is 20.0. The lowest BCUT2D eigenvalue weighted by Crippen LogP contribution is -2.50. The van der Waals surface area contributed by atoms with Gasteiger partial charge in [-0.15, -0.1) is 0 Å². The summed E-state index contributed by atoms with van der Waals surface area (Å²) in [7, 11) is 0. The minimum atomic E-state index is -0.204. The molecule has 3 aliphatic heterocycles. The van der Waals surface area contributed by atoms with E-state index >= 15 is 0 Å². The number of hydrogen-bond donors (Lipinski definition) is 1. The number of halogens is 1. The van der Waals surface area contributed by atoms with E-state index in [-0.39, 0.29) is 17.9 Å². The maximum atomic E-state index is 13.5. The lowest BCUT2D eigenvalue weighted by Gasteiger charge is -2.38. The highest BCUT2D eigenvalue weighted by molar-refractivity contribution is 6.30. The molecule has 1 unspecified atom stereocenters. The molecule has 6 rings (SSSR count). The summed E-state index contributed by atoms with van der Waals surface area (Å²) in [5.41, 5.74) is 4.78. The lowest BCUT2D eigenvalue weighted by molar-refractivity contribution is -0.120. The highest BCUT2D eigenvalue weighted by Crippen LogP contribution is 2.39. The number of carbonyl (C=O) groups excluding carboxylic acids is 2. The van der Waals surface area contributed by atoms with E-state index < -0.39 is 0 Å². The van der Waals surface area contributed by atoms with Crippen molar-refractivity contribution in [3.8, 4) is 0 Å². The van der Waals surface area contributed by atoms with Crippen LogP contribution in [0.1, 0.15) is 40.9 Å². The van der Waals surface area contributed by atoms with Gasteiger partial charge in [-0.2, -0.15) is 0 Å². The van der Waals surface area contributed by atoms with Gasteiger partial charge in [0, 0.05) is 50.0 Å². The standard InChI is InChI=1S/C32H37ClN6O2/c1-23-10-11-25(33)21-29(23)37-19-17-36(18-20-37)15-6-14-34-31(40)26-12-13-27-30(35-26)39(22-24-7-3-2-4-8-24)32(41)28-9-5-16-38(27)28/h2-4,7-8,10-13,21,28H,5-6,9,14-20,22H2,1H3,(H,34,40). The largest absolute Gasteiger partial charge is 0.369 e. The molecule has 2 amide bonds. The zero-order valence-corrected chi connectivity index (χ0v) is 24.3. The molecule has 41 heavy (non-hydrogen) atoms. The number of piperazine rings is 1. The Kier molecular flexibility index (Phi) is 8.12. The Hall–Kier alpha value is -3.62. The molecule has 3 aliphatic rings. The number of nitrogens with zero attached hydrogens (tertiary/aromatic N) is 5. The van der Waals surface area contributed by atoms with Crippen LogP contribution in [0, 0.1) is 6.92 Å². The summed E-state index contributed by atoms with van der Waals surface area (Å²) < 4.78 is 0. The van der Waals surface area contributed by atoms with Crippen molar-refractivity contribution in [3.63, 3.8) is 0 Å². The summed E-state index contributed by atoms with van der Waals surface area (Å²) in [6, 6.07) is 19.6. The molecule has 9 heteroatoms. The van der Waals surface area contributed by atoms with Gasteiger partial charge in [-0.3, -0.25) is 19.4 Å². The van der Waals surface area contributed by atoms with E-state index in [9.17, 15) is 9.59 Å². The number of fused-ring (bicyclic) bond motifs is 3. The van der Waals surface area contributed by atoms with Crippen LogP contribution in [0.15, 0.2) is 60.7 Å². The van der Waals surface area contributed by atoms with Crippen LogP contribution in [0.25, 0.3) is 0 Å². The third-order valence-electron chi connectivity index (χ3n) is 8.46. The Morgan fingerprint density at radius 3 is 2.61 bits per heavy atom. The molecular weight excluding hydrogens is 536 g/mol. The molecule has 3 aromatic rings. The first-order valence-electron chi connectivity index (χ1n) is 14.6. The first kappa shape index (κ1) is 27.5. The number of benzene rings is 2. The van der Waals surface area contributed by atoms with Crippen molar-refractivity contribution >= 4 is 40.6 Å². The lowest BCUT2D eigenvalue weighted by atomic mass is 10.1. The van der Waals surface area contributed by atoms with E-state index in [0.717, 1.165) is 74.8 Å². The molecule has 0 aliphatic carbocycles. The predicted molar refractivity (Wildman–Crippen MR) is 164 cm³/mol. The average Bonchev–Trinajstić information content (AvgIpc) is 3.50. The maximum absolute atomic E-state index is 13.5. The zero-order valence-electron chi connectivity index (χ0n) is 23.6. The Balaban J connectivity index is 1.05. The van der Waals surface area contributed by atoms with Crippen molar-refractivity contribution in [2.45, 2.75) is 38.8 Å². The third-order valence-corrected chi connectivity index (χ3v) is 8.70. The van der Waals surface area contributed by atoms with Gasteiger partial charge in [0.05, 0.1) is 12.2 Å². The second-order valence-electron chi connectivity index (χ2n) is 11.2. The molecule has 0 bridgehead atoms. The van der Waals surface area contributed by atoms with Gasteiger partial charge in [0.15, 0.2) is 5.82 Å². The van der Waals surface area contributed by atoms with Gasteiger partial charge < -0.3 is 15.1 Å². The zero-order chi connectivity index (χ0) is 28.3. The smallest absolute Gasteiger partial charge is 0.269 e. The number of amides is 2. The molecule has 4 heterocycles. The number of rotatable bonds is 8. The topological polar surface area (TPSA) is 72.0 Å². The number of aromatic nitrogens is 1. The fraction of sp³-hybridized carbons (Fsp3) is 0.406. The maximum Gasteiger partial charge on any atom is 0.269 e. The SMILES string of the molecule is Cc1ccc(Cl)cc1N1CCN(CCCNC(=O)c2ccc3c(n2)N(Cc2ccccc2)C(=O)C2CCCN32)CC1. The van der Waals surface area contributed by atoms with E-state index in [1.54, 1.807) is 11.0 Å². The number of hydrogen-bond acceptors (Lipinski definition) is 6. The van der Waals surface area contributed by atoms with Crippen molar-refractivity contribution in [1.82, 2.24) is 15.2 Å². The van der Waals surface area contributed by atoms with Crippen LogP contribution in [0.5, 0.6) is 0 Å². The molecule has 8 nitrogen and oxygen atoms in total. The van der Waals surface area contributed by atoms with Crippen molar-refractivity contribution in [1.29, 1.82) is 0 Å². The summed E-state index contributed by atoms with van der Waals surface area (Å²) in [5.74, 6) is 0.441.